The number of nitrogens with one attached hydrogen (secondary N) is 1. The molecule has 112 valence electrons. The molecule has 1 aromatic carbocycles. The number of halogens is 1. The van der Waals surface area contributed by atoms with Gasteiger partial charge in [0.2, 0.25) is 0 Å². The lowest BCUT2D eigenvalue weighted by Crippen LogP contribution is -2.39. The Hall–Kier alpha value is -0.810. The lowest BCUT2D eigenvalue weighted by Gasteiger charge is -2.21. The van der Waals surface area contributed by atoms with Crippen molar-refractivity contribution in [2.45, 2.75) is 25.0 Å². The van der Waals surface area contributed by atoms with Crippen LogP contribution in [-0.2, 0) is 0 Å². The summed E-state index contributed by atoms with van der Waals surface area (Å²) in [4.78, 5) is 2.36. The molecule has 1 aliphatic heterocycles. The number of nitrogens with zero attached hydrogens (tertiary/aromatic N) is 1. The van der Waals surface area contributed by atoms with Crippen molar-refractivity contribution >= 4 is 11.6 Å². The van der Waals surface area contributed by atoms with E-state index in [1.54, 1.807) is 12.1 Å². The molecule has 1 fully saturated rings. The zero-order chi connectivity index (χ0) is 14.4. The summed E-state index contributed by atoms with van der Waals surface area (Å²) in [6.45, 7) is 2.87. The summed E-state index contributed by atoms with van der Waals surface area (Å²) >= 11 is 5.99. The van der Waals surface area contributed by atoms with E-state index in [1.165, 1.54) is 19.4 Å². The summed E-state index contributed by atoms with van der Waals surface area (Å²) in [7, 11) is 2.15. The number of hydrogen-bond donors (Lipinski definition) is 2. The predicted octanol–water partition coefficient (Wildman–Crippen LogP) is 1.76. The first-order valence-electron chi connectivity index (χ1n) is 7.13. The van der Waals surface area contributed by atoms with E-state index < -0.39 is 6.10 Å². The minimum atomic E-state index is -0.530. The van der Waals surface area contributed by atoms with Crippen LogP contribution in [0.15, 0.2) is 24.3 Å². The summed E-state index contributed by atoms with van der Waals surface area (Å²) in [5.74, 6) is 0.615. The SMILES string of the molecule is CN1CCCC1CNCC(O)COc1ccccc1Cl. The number of benzene rings is 1. The molecule has 0 spiro atoms. The van der Waals surface area contributed by atoms with Gasteiger partial charge in [-0.25, -0.2) is 0 Å². The van der Waals surface area contributed by atoms with E-state index in [2.05, 4.69) is 17.3 Å². The number of para-hydroxylation sites is 1. The molecule has 0 aromatic heterocycles. The van der Waals surface area contributed by atoms with Crippen LogP contribution in [0, 0.1) is 0 Å². The van der Waals surface area contributed by atoms with E-state index in [0.29, 0.717) is 23.4 Å². The van der Waals surface area contributed by atoms with E-state index in [0.717, 1.165) is 6.54 Å². The molecule has 1 saturated heterocycles. The molecule has 4 nitrogen and oxygen atoms in total. The van der Waals surface area contributed by atoms with Gasteiger partial charge in [0, 0.05) is 19.1 Å². The van der Waals surface area contributed by atoms with Gasteiger partial charge in [0.05, 0.1) is 5.02 Å². The Morgan fingerprint density at radius 1 is 1.50 bits per heavy atom. The van der Waals surface area contributed by atoms with Crippen LogP contribution in [0.3, 0.4) is 0 Å². The zero-order valence-corrected chi connectivity index (χ0v) is 12.6. The van der Waals surface area contributed by atoms with Gasteiger partial charge >= 0.3 is 0 Å². The van der Waals surface area contributed by atoms with Gasteiger partial charge in [-0.3, -0.25) is 0 Å². The van der Waals surface area contributed by atoms with Crippen LogP contribution in [0.5, 0.6) is 5.75 Å². The third kappa shape index (κ3) is 4.63. The third-order valence-corrected chi connectivity index (χ3v) is 4.01. The molecular weight excluding hydrogens is 276 g/mol. The first-order chi connectivity index (χ1) is 9.66. The maximum Gasteiger partial charge on any atom is 0.138 e. The van der Waals surface area contributed by atoms with Crippen LogP contribution < -0.4 is 10.1 Å². The number of aliphatic hydroxyl groups excluding tert-OH is 1. The Morgan fingerprint density at radius 2 is 2.30 bits per heavy atom. The van der Waals surface area contributed by atoms with Crippen molar-refractivity contribution < 1.29 is 9.84 Å². The second-order valence-electron chi connectivity index (χ2n) is 5.33. The lowest BCUT2D eigenvalue weighted by atomic mass is 10.2. The molecular formula is C15H23ClN2O2. The molecule has 1 aliphatic rings. The second-order valence-corrected chi connectivity index (χ2v) is 5.74. The maximum atomic E-state index is 9.90. The van der Waals surface area contributed by atoms with Gasteiger partial charge in [0.25, 0.3) is 0 Å². The van der Waals surface area contributed by atoms with Crippen molar-refractivity contribution in [3.8, 4) is 5.75 Å². The molecule has 0 saturated carbocycles. The van der Waals surface area contributed by atoms with Gasteiger partial charge in [-0.1, -0.05) is 23.7 Å². The van der Waals surface area contributed by atoms with Gasteiger partial charge in [-0.15, -0.1) is 0 Å². The first-order valence-corrected chi connectivity index (χ1v) is 7.51. The Labute approximate surface area is 125 Å². The number of likely N-dealkylation sites (N-methyl/N-ethyl adjacent to an activating group) is 1. The summed E-state index contributed by atoms with van der Waals surface area (Å²) < 4.78 is 5.51. The Balaban J connectivity index is 1.63. The van der Waals surface area contributed by atoms with Crippen LogP contribution >= 0.6 is 11.6 Å². The maximum absolute atomic E-state index is 9.90. The van der Waals surface area contributed by atoms with E-state index >= 15 is 0 Å². The smallest absolute Gasteiger partial charge is 0.138 e. The highest BCUT2D eigenvalue weighted by Crippen LogP contribution is 2.23. The summed E-state index contributed by atoms with van der Waals surface area (Å²) in [5.41, 5.74) is 0. The Morgan fingerprint density at radius 3 is 3.00 bits per heavy atom. The van der Waals surface area contributed by atoms with Gasteiger partial charge < -0.3 is 20.1 Å². The van der Waals surface area contributed by atoms with Crippen molar-refractivity contribution in [1.29, 1.82) is 0 Å². The van der Waals surface area contributed by atoms with Crippen LogP contribution in [0.2, 0.25) is 5.02 Å². The highest BCUT2D eigenvalue weighted by Gasteiger charge is 2.20. The monoisotopic (exact) mass is 298 g/mol. The molecule has 2 unspecified atom stereocenters. The molecule has 1 heterocycles. The lowest BCUT2D eigenvalue weighted by molar-refractivity contribution is 0.105. The average Bonchev–Trinajstić information content (AvgIpc) is 2.84. The number of hydrogen-bond acceptors (Lipinski definition) is 4. The molecule has 20 heavy (non-hydrogen) atoms. The van der Waals surface area contributed by atoms with Crippen molar-refractivity contribution in [3.05, 3.63) is 29.3 Å². The minimum Gasteiger partial charge on any atom is -0.489 e. The molecule has 2 rings (SSSR count). The molecule has 5 heteroatoms. The molecule has 2 N–H and O–H groups in total. The van der Waals surface area contributed by atoms with Crippen LogP contribution in [0.1, 0.15) is 12.8 Å². The minimum absolute atomic E-state index is 0.247. The van der Waals surface area contributed by atoms with Crippen molar-refractivity contribution in [3.63, 3.8) is 0 Å². The summed E-state index contributed by atoms with van der Waals surface area (Å²) in [5, 5.41) is 13.8. The fraction of sp³-hybridized carbons (Fsp3) is 0.600. The van der Waals surface area contributed by atoms with E-state index in [4.69, 9.17) is 16.3 Å². The standard InChI is InChI=1S/C15H23ClN2O2/c1-18-8-4-5-12(18)9-17-10-13(19)11-20-15-7-3-2-6-14(15)16/h2-3,6-7,12-13,17,19H,4-5,8-11H2,1H3. The average molecular weight is 299 g/mol. The molecule has 2 atom stereocenters. The molecule has 0 radical (unpaired) electrons. The van der Waals surface area contributed by atoms with Crippen LogP contribution in [0.25, 0.3) is 0 Å². The van der Waals surface area contributed by atoms with Crippen molar-refractivity contribution in [1.82, 2.24) is 10.2 Å². The number of likely N-dealkylation sites (tertiary alicyclic amines) is 1. The normalized spacial score (nSPS) is 21.1. The van der Waals surface area contributed by atoms with E-state index in [1.807, 2.05) is 12.1 Å². The first kappa shape index (κ1) is 15.6. The fourth-order valence-corrected chi connectivity index (χ4v) is 2.65. The number of rotatable bonds is 7. The molecule has 1 aromatic rings. The Kier molecular flexibility index (Phi) is 6.10. The van der Waals surface area contributed by atoms with Gasteiger partial charge in [-0.05, 0) is 38.6 Å². The second kappa shape index (κ2) is 7.84. The van der Waals surface area contributed by atoms with Crippen molar-refractivity contribution in [2.75, 3.05) is 33.3 Å². The predicted molar refractivity (Wildman–Crippen MR) is 81.5 cm³/mol. The van der Waals surface area contributed by atoms with Crippen LogP contribution in [-0.4, -0.2) is 55.4 Å². The fourth-order valence-electron chi connectivity index (χ4n) is 2.46. The largest absolute Gasteiger partial charge is 0.489 e. The molecule has 0 aliphatic carbocycles. The third-order valence-electron chi connectivity index (χ3n) is 3.70. The number of ether oxygens (including phenoxy) is 1. The topological polar surface area (TPSA) is 44.7 Å². The zero-order valence-electron chi connectivity index (χ0n) is 11.9. The van der Waals surface area contributed by atoms with Gasteiger partial charge in [0.1, 0.15) is 18.5 Å². The summed E-state index contributed by atoms with van der Waals surface area (Å²) in [6.07, 6.45) is 1.97. The number of aliphatic hydroxyl groups is 1. The highest BCUT2D eigenvalue weighted by molar-refractivity contribution is 6.32. The Bertz CT molecular complexity index is 417. The van der Waals surface area contributed by atoms with E-state index in [-0.39, 0.29) is 6.61 Å². The van der Waals surface area contributed by atoms with Crippen LogP contribution in [0.4, 0.5) is 0 Å². The van der Waals surface area contributed by atoms with Crippen molar-refractivity contribution in [2.24, 2.45) is 0 Å². The molecule has 0 amide bonds. The summed E-state index contributed by atoms with van der Waals surface area (Å²) in [6, 6.07) is 7.88. The highest BCUT2D eigenvalue weighted by atomic mass is 35.5. The van der Waals surface area contributed by atoms with E-state index in [9.17, 15) is 5.11 Å². The quantitative estimate of drug-likeness (QED) is 0.805. The van der Waals surface area contributed by atoms with Gasteiger partial charge in [-0.2, -0.15) is 0 Å². The molecule has 0 bridgehead atoms. The van der Waals surface area contributed by atoms with Gasteiger partial charge in [0.15, 0.2) is 0 Å².